The van der Waals surface area contributed by atoms with Crippen LogP contribution in [0.3, 0.4) is 0 Å². The highest BCUT2D eigenvalue weighted by Crippen LogP contribution is 2.22. The second-order valence-electron chi connectivity index (χ2n) is 5.29. The number of hydrogen-bond acceptors (Lipinski definition) is 3. The molecule has 2 aromatic rings. The molecule has 0 heterocycles. The SMILES string of the molecule is O=C(Cc1ccc(O)cc1Cl)N(CCO)CCc1ccccc1. The molecule has 0 unspecified atom stereocenters. The third-order valence-corrected chi connectivity index (χ3v) is 3.97. The van der Waals surface area contributed by atoms with Crippen molar-refractivity contribution in [1.82, 2.24) is 4.90 Å². The number of nitrogens with zero attached hydrogens (tertiary/aromatic N) is 1. The van der Waals surface area contributed by atoms with E-state index in [0.29, 0.717) is 23.7 Å². The van der Waals surface area contributed by atoms with Gasteiger partial charge < -0.3 is 15.1 Å². The van der Waals surface area contributed by atoms with Crippen LogP contribution in [0.4, 0.5) is 0 Å². The van der Waals surface area contributed by atoms with Gasteiger partial charge in [-0.3, -0.25) is 4.79 Å². The van der Waals surface area contributed by atoms with Crippen molar-refractivity contribution < 1.29 is 15.0 Å². The van der Waals surface area contributed by atoms with Gasteiger partial charge in [0.1, 0.15) is 5.75 Å². The standard InChI is InChI=1S/C18H20ClNO3/c19-17-13-16(22)7-6-15(17)12-18(23)20(10-11-21)9-8-14-4-2-1-3-5-14/h1-7,13,21-22H,8-12H2. The van der Waals surface area contributed by atoms with E-state index in [-0.39, 0.29) is 24.7 Å². The number of phenols is 1. The quantitative estimate of drug-likeness (QED) is 0.819. The summed E-state index contributed by atoms with van der Waals surface area (Å²) in [6.45, 7) is 0.754. The minimum Gasteiger partial charge on any atom is -0.508 e. The lowest BCUT2D eigenvalue weighted by atomic mass is 10.1. The second-order valence-corrected chi connectivity index (χ2v) is 5.70. The van der Waals surface area contributed by atoms with Crippen molar-refractivity contribution in [3.63, 3.8) is 0 Å². The van der Waals surface area contributed by atoms with Gasteiger partial charge in [0, 0.05) is 18.1 Å². The molecule has 0 aliphatic rings. The van der Waals surface area contributed by atoms with Gasteiger partial charge in [0.15, 0.2) is 0 Å². The molecule has 5 heteroatoms. The predicted octanol–water partition coefficient (Wildman–Crippen LogP) is 2.65. The average molecular weight is 334 g/mol. The molecule has 0 atom stereocenters. The maximum Gasteiger partial charge on any atom is 0.227 e. The number of carbonyl (C=O) groups excluding carboxylic acids is 1. The Labute approximate surface area is 140 Å². The van der Waals surface area contributed by atoms with Gasteiger partial charge in [-0.25, -0.2) is 0 Å². The molecule has 1 amide bonds. The highest BCUT2D eigenvalue weighted by molar-refractivity contribution is 6.31. The molecule has 0 fully saturated rings. The van der Waals surface area contributed by atoms with Crippen LogP contribution in [0.2, 0.25) is 5.02 Å². The number of hydrogen-bond donors (Lipinski definition) is 2. The van der Waals surface area contributed by atoms with Crippen molar-refractivity contribution in [3.8, 4) is 5.75 Å². The van der Waals surface area contributed by atoms with Crippen LogP contribution in [0.5, 0.6) is 5.75 Å². The van der Waals surface area contributed by atoms with Gasteiger partial charge >= 0.3 is 0 Å². The molecular formula is C18H20ClNO3. The molecule has 0 aromatic heterocycles. The summed E-state index contributed by atoms with van der Waals surface area (Å²) in [7, 11) is 0. The number of carbonyl (C=O) groups is 1. The number of rotatable bonds is 7. The van der Waals surface area contributed by atoms with Gasteiger partial charge in [0.25, 0.3) is 0 Å². The zero-order valence-corrected chi connectivity index (χ0v) is 13.5. The van der Waals surface area contributed by atoms with Crippen molar-refractivity contribution >= 4 is 17.5 Å². The van der Waals surface area contributed by atoms with Crippen molar-refractivity contribution in [1.29, 1.82) is 0 Å². The Morgan fingerprint density at radius 3 is 2.48 bits per heavy atom. The summed E-state index contributed by atoms with van der Waals surface area (Å²) < 4.78 is 0. The Morgan fingerprint density at radius 1 is 1.09 bits per heavy atom. The van der Waals surface area contributed by atoms with Crippen molar-refractivity contribution in [2.24, 2.45) is 0 Å². The van der Waals surface area contributed by atoms with Gasteiger partial charge in [-0.1, -0.05) is 48.0 Å². The van der Waals surface area contributed by atoms with Gasteiger partial charge in [-0.15, -0.1) is 0 Å². The van der Waals surface area contributed by atoms with Gasteiger partial charge in [-0.05, 0) is 29.7 Å². The Kier molecular flexibility index (Phi) is 6.44. The van der Waals surface area contributed by atoms with Crippen LogP contribution in [0.1, 0.15) is 11.1 Å². The number of amides is 1. The highest BCUT2D eigenvalue weighted by atomic mass is 35.5. The lowest BCUT2D eigenvalue weighted by Gasteiger charge is -2.22. The first-order valence-electron chi connectivity index (χ1n) is 7.50. The molecule has 0 saturated carbocycles. The van der Waals surface area contributed by atoms with Crippen LogP contribution in [0, 0.1) is 0 Å². The van der Waals surface area contributed by atoms with E-state index in [1.165, 1.54) is 12.1 Å². The zero-order valence-electron chi connectivity index (χ0n) is 12.8. The molecule has 0 saturated heterocycles. The molecule has 0 spiro atoms. The summed E-state index contributed by atoms with van der Waals surface area (Å²) >= 11 is 6.05. The average Bonchev–Trinajstić information content (AvgIpc) is 2.55. The molecule has 122 valence electrons. The molecule has 0 aliphatic heterocycles. The van der Waals surface area contributed by atoms with Crippen molar-refractivity contribution in [3.05, 3.63) is 64.7 Å². The lowest BCUT2D eigenvalue weighted by molar-refractivity contribution is -0.131. The number of aliphatic hydroxyl groups is 1. The number of aliphatic hydroxyl groups excluding tert-OH is 1. The molecule has 0 radical (unpaired) electrons. The van der Waals surface area contributed by atoms with E-state index < -0.39 is 0 Å². The zero-order chi connectivity index (χ0) is 16.7. The van der Waals surface area contributed by atoms with Crippen molar-refractivity contribution in [2.75, 3.05) is 19.7 Å². The largest absolute Gasteiger partial charge is 0.508 e. The summed E-state index contributed by atoms with van der Waals surface area (Å²) in [6.07, 6.45) is 0.879. The summed E-state index contributed by atoms with van der Waals surface area (Å²) in [6, 6.07) is 14.5. The number of halogens is 1. The third-order valence-electron chi connectivity index (χ3n) is 3.61. The Balaban J connectivity index is 2.00. The third kappa shape index (κ3) is 5.27. The maximum absolute atomic E-state index is 12.5. The smallest absolute Gasteiger partial charge is 0.227 e. The number of aromatic hydroxyl groups is 1. The molecule has 2 N–H and O–H groups in total. The summed E-state index contributed by atoms with van der Waals surface area (Å²) in [5.74, 6) is -0.0231. The second kappa shape index (κ2) is 8.56. The van der Waals surface area contributed by atoms with E-state index in [0.717, 1.165) is 12.0 Å². The Hall–Kier alpha value is -2.04. The summed E-state index contributed by atoms with van der Waals surface area (Å²) in [4.78, 5) is 14.1. The van der Waals surface area contributed by atoms with E-state index in [9.17, 15) is 15.0 Å². The highest BCUT2D eigenvalue weighted by Gasteiger charge is 2.15. The fourth-order valence-corrected chi connectivity index (χ4v) is 2.59. The Bertz CT molecular complexity index is 646. The van der Waals surface area contributed by atoms with Crippen LogP contribution in [0.25, 0.3) is 0 Å². The molecule has 2 aromatic carbocycles. The minimum absolute atomic E-state index is 0.0718. The van der Waals surface area contributed by atoms with Crippen LogP contribution in [-0.4, -0.2) is 40.7 Å². The Morgan fingerprint density at radius 2 is 1.83 bits per heavy atom. The molecule has 0 aliphatic carbocycles. The van der Waals surface area contributed by atoms with Gasteiger partial charge in [-0.2, -0.15) is 0 Å². The molecule has 2 rings (SSSR count). The van der Waals surface area contributed by atoms with E-state index in [1.807, 2.05) is 30.3 Å². The van der Waals surface area contributed by atoms with E-state index in [1.54, 1.807) is 11.0 Å². The summed E-state index contributed by atoms with van der Waals surface area (Å²) in [5.41, 5.74) is 1.81. The molecule has 0 bridgehead atoms. The first kappa shape index (κ1) is 17.3. The van der Waals surface area contributed by atoms with Crippen molar-refractivity contribution in [2.45, 2.75) is 12.8 Å². The number of phenolic OH excluding ortho intramolecular Hbond substituents is 1. The first-order chi connectivity index (χ1) is 11.1. The van der Waals surface area contributed by atoms with Gasteiger partial charge in [0.05, 0.1) is 13.0 Å². The van der Waals surface area contributed by atoms with Crippen LogP contribution < -0.4 is 0 Å². The van der Waals surface area contributed by atoms with E-state index >= 15 is 0 Å². The summed E-state index contributed by atoms with van der Waals surface area (Å²) in [5, 5.41) is 18.9. The minimum atomic E-state index is -0.0948. The fraction of sp³-hybridized carbons (Fsp3) is 0.278. The fourth-order valence-electron chi connectivity index (χ4n) is 2.34. The number of benzene rings is 2. The van der Waals surface area contributed by atoms with Crippen LogP contribution in [-0.2, 0) is 17.6 Å². The van der Waals surface area contributed by atoms with Gasteiger partial charge in [0.2, 0.25) is 5.91 Å². The van der Waals surface area contributed by atoms with E-state index in [2.05, 4.69) is 0 Å². The van der Waals surface area contributed by atoms with Crippen LogP contribution in [0.15, 0.2) is 48.5 Å². The topological polar surface area (TPSA) is 60.8 Å². The first-order valence-corrected chi connectivity index (χ1v) is 7.88. The normalized spacial score (nSPS) is 10.5. The predicted molar refractivity (Wildman–Crippen MR) is 90.6 cm³/mol. The van der Waals surface area contributed by atoms with Crippen LogP contribution >= 0.6 is 11.6 Å². The molecule has 23 heavy (non-hydrogen) atoms. The van der Waals surface area contributed by atoms with E-state index in [4.69, 9.17) is 11.6 Å². The molecule has 4 nitrogen and oxygen atoms in total. The lowest BCUT2D eigenvalue weighted by Crippen LogP contribution is -2.36. The molecular weight excluding hydrogens is 314 g/mol. The monoisotopic (exact) mass is 333 g/mol. The maximum atomic E-state index is 12.5.